The van der Waals surface area contributed by atoms with Crippen molar-refractivity contribution in [3.05, 3.63) is 0 Å². The lowest BCUT2D eigenvalue weighted by molar-refractivity contribution is -0.140. The molecule has 0 aliphatic rings. The predicted octanol–water partition coefficient (Wildman–Crippen LogP) is 5.05. The molecule has 0 aromatic heterocycles. The van der Waals surface area contributed by atoms with Gasteiger partial charge in [0.15, 0.2) is 6.29 Å². The smallest absolute Gasteiger partial charge is 0.302 e. The number of hydrogen-bond donors (Lipinski definition) is 0. The number of methoxy groups -OCH3 is 2. The summed E-state index contributed by atoms with van der Waals surface area (Å²) in [5.74, 6) is 2.62. The summed E-state index contributed by atoms with van der Waals surface area (Å²) in [4.78, 5) is 10.7. The van der Waals surface area contributed by atoms with Crippen LogP contribution in [0.2, 0.25) is 0 Å². The summed E-state index contributed by atoms with van der Waals surface area (Å²) in [7, 11) is 3.42. The fourth-order valence-electron chi connectivity index (χ4n) is 2.82. The van der Waals surface area contributed by atoms with Gasteiger partial charge in [0.1, 0.15) is 6.61 Å². The van der Waals surface area contributed by atoms with Crippen LogP contribution in [0.1, 0.15) is 71.6 Å². The van der Waals surface area contributed by atoms with Gasteiger partial charge >= 0.3 is 5.97 Å². The van der Waals surface area contributed by atoms with E-state index in [1.807, 2.05) is 11.8 Å². The standard InChI is InChI=1S/C19H38O4S/c1-5-6-7-8-10-18(12-13-19(21-3)22-4)11-9-15-24-16-14-23-17(2)20/h18-19H,5-16H2,1-4H3. The molecule has 0 aliphatic carbocycles. The Morgan fingerprint density at radius 3 is 2.25 bits per heavy atom. The van der Waals surface area contributed by atoms with E-state index >= 15 is 0 Å². The van der Waals surface area contributed by atoms with E-state index in [2.05, 4.69) is 6.92 Å². The Morgan fingerprint density at radius 2 is 1.62 bits per heavy atom. The van der Waals surface area contributed by atoms with Gasteiger partial charge in [-0.3, -0.25) is 4.79 Å². The van der Waals surface area contributed by atoms with E-state index in [4.69, 9.17) is 14.2 Å². The molecule has 0 amide bonds. The van der Waals surface area contributed by atoms with Crippen LogP contribution in [-0.4, -0.2) is 44.6 Å². The van der Waals surface area contributed by atoms with Crippen molar-refractivity contribution < 1.29 is 19.0 Å². The Morgan fingerprint density at radius 1 is 0.917 bits per heavy atom. The van der Waals surface area contributed by atoms with Crippen molar-refractivity contribution in [2.75, 3.05) is 32.3 Å². The predicted molar refractivity (Wildman–Crippen MR) is 102 cm³/mol. The van der Waals surface area contributed by atoms with Gasteiger partial charge in [-0.2, -0.15) is 11.8 Å². The van der Waals surface area contributed by atoms with Gasteiger partial charge in [-0.15, -0.1) is 0 Å². The number of carbonyl (C=O) groups excluding carboxylic acids is 1. The highest BCUT2D eigenvalue weighted by Gasteiger charge is 2.13. The largest absolute Gasteiger partial charge is 0.465 e. The van der Waals surface area contributed by atoms with Crippen LogP contribution in [0, 0.1) is 5.92 Å². The van der Waals surface area contributed by atoms with Crippen LogP contribution in [0.15, 0.2) is 0 Å². The first-order chi connectivity index (χ1) is 11.6. The molecule has 0 aromatic rings. The summed E-state index contributed by atoms with van der Waals surface area (Å²) in [6.45, 7) is 4.25. The quantitative estimate of drug-likeness (QED) is 0.206. The molecule has 5 heteroatoms. The summed E-state index contributed by atoms with van der Waals surface area (Å²) in [5.41, 5.74) is 0. The molecule has 0 saturated heterocycles. The fourth-order valence-corrected chi connectivity index (χ4v) is 3.59. The van der Waals surface area contributed by atoms with E-state index in [0.717, 1.165) is 23.8 Å². The van der Waals surface area contributed by atoms with E-state index in [1.54, 1.807) is 14.2 Å². The molecule has 0 rings (SSSR count). The third-order valence-corrected chi connectivity index (χ3v) is 5.27. The molecular weight excluding hydrogens is 324 g/mol. The number of hydrogen-bond acceptors (Lipinski definition) is 5. The lowest BCUT2D eigenvalue weighted by atomic mass is 9.92. The number of carbonyl (C=O) groups is 1. The van der Waals surface area contributed by atoms with E-state index in [0.29, 0.717) is 6.61 Å². The van der Waals surface area contributed by atoms with Crippen molar-refractivity contribution in [3.63, 3.8) is 0 Å². The zero-order valence-corrected chi connectivity index (χ0v) is 17.0. The van der Waals surface area contributed by atoms with Crippen LogP contribution in [0.4, 0.5) is 0 Å². The Bertz CT molecular complexity index is 283. The highest BCUT2D eigenvalue weighted by atomic mass is 32.2. The lowest BCUT2D eigenvalue weighted by Gasteiger charge is -2.20. The second kappa shape index (κ2) is 17.6. The Kier molecular flexibility index (Phi) is 17.4. The number of thioether (sulfide) groups is 1. The number of rotatable bonds is 17. The van der Waals surface area contributed by atoms with Crippen molar-refractivity contribution in [1.82, 2.24) is 0 Å². The highest BCUT2D eigenvalue weighted by molar-refractivity contribution is 7.99. The van der Waals surface area contributed by atoms with Crippen molar-refractivity contribution in [1.29, 1.82) is 0 Å². The molecule has 0 N–H and O–H groups in total. The van der Waals surface area contributed by atoms with E-state index in [9.17, 15) is 4.79 Å². The maximum absolute atomic E-state index is 10.7. The average Bonchev–Trinajstić information content (AvgIpc) is 2.57. The van der Waals surface area contributed by atoms with E-state index in [-0.39, 0.29) is 12.3 Å². The summed E-state index contributed by atoms with van der Waals surface area (Å²) < 4.78 is 15.6. The normalized spacial score (nSPS) is 12.5. The maximum atomic E-state index is 10.7. The first kappa shape index (κ1) is 23.7. The van der Waals surface area contributed by atoms with E-state index < -0.39 is 0 Å². The molecular formula is C19H38O4S. The van der Waals surface area contributed by atoms with Gasteiger partial charge in [0.05, 0.1) is 0 Å². The minimum Gasteiger partial charge on any atom is -0.465 e. The van der Waals surface area contributed by atoms with Crippen LogP contribution < -0.4 is 0 Å². The van der Waals surface area contributed by atoms with Gasteiger partial charge in [0.2, 0.25) is 0 Å². The summed E-state index contributed by atoms with van der Waals surface area (Å²) in [6, 6.07) is 0. The van der Waals surface area contributed by atoms with Gasteiger partial charge in [-0.1, -0.05) is 39.0 Å². The zero-order chi connectivity index (χ0) is 18.0. The lowest BCUT2D eigenvalue weighted by Crippen LogP contribution is -2.15. The summed E-state index contributed by atoms with van der Waals surface area (Å²) >= 11 is 1.88. The molecule has 24 heavy (non-hydrogen) atoms. The minimum atomic E-state index is -0.186. The van der Waals surface area contributed by atoms with Crippen LogP contribution in [0.3, 0.4) is 0 Å². The molecule has 0 heterocycles. The van der Waals surface area contributed by atoms with Crippen LogP contribution in [-0.2, 0) is 19.0 Å². The Labute approximate surface area is 153 Å². The second-order valence-corrected chi connectivity index (χ2v) is 7.51. The van der Waals surface area contributed by atoms with Crippen molar-refractivity contribution in [3.8, 4) is 0 Å². The zero-order valence-electron chi connectivity index (χ0n) is 16.2. The molecule has 4 nitrogen and oxygen atoms in total. The van der Waals surface area contributed by atoms with Crippen molar-refractivity contribution >= 4 is 17.7 Å². The molecule has 1 atom stereocenters. The summed E-state index contributed by atoms with van der Waals surface area (Å²) in [5, 5.41) is 0. The average molecular weight is 363 g/mol. The SMILES string of the molecule is CCCCCCC(CCCSCCOC(C)=O)CCC(OC)OC. The number of unbranched alkanes of at least 4 members (excludes halogenated alkanes) is 3. The van der Waals surface area contributed by atoms with Gasteiger partial charge in [-0.25, -0.2) is 0 Å². The third-order valence-electron chi connectivity index (χ3n) is 4.24. The molecule has 0 fully saturated rings. The van der Waals surface area contributed by atoms with Crippen molar-refractivity contribution in [2.24, 2.45) is 5.92 Å². The van der Waals surface area contributed by atoms with Gasteiger partial charge < -0.3 is 14.2 Å². The summed E-state index contributed by atoms with van der Waals surface area (Å²) in [6.07, 6.45) is 11.2. The molecule has 0 spiro atoms. The Hall–Kier alpha value is -0.260. The highest BCUT2D eigenvalue weighted by Crippen LogP contribution is 2.24. The first-order valence-electron chi connectivity index (χ1n) is 9.40. The monoisotopic (exact) mass is 362 g/mol. The second-order valence-electron chi connectivity index (χ2n) is 6.29. The number of ether oxygens (including phenoxy) is 3. The molecule has 0 radical (unpaired) electrons. The van der Waals surface area contributed by atoms with Crippen LogP contribution in [0.5, 0.6) is 0 Å². The van der Waals surface area contributed by atoms with E-state index in [1.165, 1.54) is 58.3 Å². The minimum absolute atomic E-state index is 0.0683. The van der Waals surface area contributed by atoms with Gasteiger partial charge in [0, 0.05) is 26.9 Å². The molecule has 0 saturated carbocycles. The van der Waals surface area contributed by atoms with Crippen molar-refractivity contribution in [2.45, 2.75) is 77.9 Å². The first-order valence-corrected chi connectivity index (χ1v) is 10.6. The molecule has 144 valence electrons. The number of esters is 1. The third kappa shape index (κ3) is 15.3. The molecule has 0 aliphatic heterocycles. The van der Waals surface area contributed by atoms with Gasteiger partial charge in [-0.05, 0) is 37.4 Å². The fraction of sp³-hybridized carbons (Fsp3) is 0.947. The maximum Gasteiger partial charge on any atom is 0.302 e. The topological polar surface area (TPSA) is 44.8 Å². The molecule has 0 bridgehead atoms. The van der Waals surface area contributed by atoms with Gasteiger partial charge in [0.25, 0.3) is 0 Å². The van der Waals surface area contributed by atoms with Crippen LogP contribution in [0.25, 0.3) is 0 Å². The molecule has 0 aromatic carbocycles. The Balaban J connectivity index is 3.89. The molecule has 1 unspecified atom stereocenters. The van der Waals surface area contributed by atoms with Crippen LogP contribution >= 0.6 is 11.8 Å².